The van der Waals surface area contributed by atoms with Crippen LogP contribution in [0.25, 0.3) is 16.6 Å². The predicted molar refractivity (Wildman–Crippen MR) is 109 cm³/mol. The first kappa shape index (κ1) is 17.2. The predicted octanol–water partition coefficient (Wildman–Crippen LogP) is 3.77. The molecule has 2 amide bonds. The number of aliphatic imine (C=N–C) groups is 2. The Morgan fingerprint density at radius 3 is 2.72 bits per heavy atom. The van der Waals surface area contributed by atoms with Crippen LogP contribution in [0.4, 0.5) is 9.18 Å². The van der Waals surface area contributed by atoms with Gasteiger partial charge in [0.2, 0.25) is 5.84 Å². The highest BCUT2D eigenvalue weighted by Gasteiger charge is 2.33. The summed E-state index contributed by atoms with van der Waals surface area (Å²) < 4.78 is 13.2. The molecule has 0 saturated carbocycles. The van der Waals surface area contributed by atoms with E-state index in [2.05, 4.69) is 20.3 Å². The van der Waals surface area contributed by atoms with Crippen LogP contribution in [0.1, 0.15) is 11.1 Å². The van der Waals surface area contributed by atoms with Crippen LogP contribution in [0.5, 0.6) is 0 Å². The summed E-state index contributed by atoms with van der Waals surface area (Å²) in [5, 5.41) is 4.86. The number of fused-ring (bicyclic) bond motifs is 2. The summed E-state index contributed by atoms with van der Waals surface area (Å²) in [6.07, 6.45) is 4.10. The number of pyridine rings is 1. The van der Waals surface area contributed by atoms with Gasteiger partial charge in [0.1, 0.15) is 5.82 Å². The molecule has 0 atom stereocenters. The van der Waals surface area contributed by atoms with Crippen molar-refractivity contribution in [3.05, 3.63) is 83.9 Å². The molecule has 1 radical (unpaired) electrons. The van der Waals surface area contributed by atoms with Gasteiger partial charge in [0.25, 0.3) is 0 Å². The van der Waals surface area contributed by atoms with Gasteiger partial charge in [0.05, 0.1) is 17.4 Å². The number of aromatic nitrogens is 1. The largest absolute Gasteiger partial charge is 0.371 e. The molecule has 1 aromatic heterocycles. The zero-order valence-corrected chi connectivity index (χ0v) is 15.3. The maximum Gasteiger partial charge on any atom is 0.371 e. The third-order valence-corrected chi connectivity index (χ3v) is 4.92. The van der Waals surface area contributed by atoms with Gasteiger partial charge in [-0.3, -0.25) is 4.98 Å². The fourth-order valence-corrected chi connectivity index (χ4v) is 3.54. The molecule has 141 valence electrons. The van der Waals surface area contributed by atoms with Crippen LogP contribution < -0.4 is 5.32 Å². The van der Waals surface area contributed by atoms with Crippen LogP contribution >= 0.6 is 0 Å². The van der Waals surface area contributed by atoms with Gasteiger partial charge in [-0.05, 0) is 36.2 Å². The third kappa shape index (κ3) is 3.16. The Morgan fingerprint density at radius 1 is 1.00 bits per heavy atom. The minimum Gasteiger partial charge on any atom is -0.321 e. The lowest BCUT2D eigenvalue weighted by molar-refractivity contribution is 0.253. The SMILES string of the molecule is O=C1[N]C2=NC=C(c3cccc4ncccc34)N(CCc3ccc(F)cc3)C2=N1. The van der Waals surface area contributed by atoms with E-state index in [0.29, 0.717) is 24.6 Å². The van der Waals surface area contributed by atoms with Gasteiger partial charge in [-0.25, -0.2) is 14.2 Å². The molecule has 0 spiro atoms. The van der Waals surface area contributed by atoms with Crippen molar-refractivity contribution in [3.8, 4) is 0 Å². The van der Waals surface area contributed by atoms with Gasteiger partial charge in [-0.1, -0.05) is 30.3 Å². The first-order chi connectivity index (χ1) is 14.2. The zero-order valence-electron chi connectivity index (χ0n) is 15.3. The van der Waals surface area contributed by atoms with E-state index < -0.39 is 6.03 Å². The molecular formula is C22H15FN5O. The van der Waals surface area contributed by atoms with E-state index in [9.17, 15) is 9.18 Å². The third-order valence-electron chi connectivity index (χ3n) is 4.92. The van der Waals surface area contributed by atoms with Crippen molar-refractivity contribution < 1.29 is 9.18 Å². The lowest BCUT2D eigenvalue weighted by atomic mass is 10.0. The summed E-state index contributed by atoms with van der Waals surface area (Å²) in [4.78, 5) is 26.6. The summed E-state index contributed by atoms with van der Waals surface area (Å²) >= 11 is 0. The van der Waals surface area contributed by atoms with Crippen molar-refractivity contribution in [2.75, 3.05) is 6.54 Å². The molecule has 0 N–H and O–H groups in total. The number of rotatable bonds is 4. The Kier molecular flexibility index (Phi) is 4.13. The molecule has 0 aliphatic carbocycles. The summed E-state index contributed by atoms with van der Waals surface area (Å²) in [6, 6.07) is 15.6. The lowest BCUT2D eigenvalue weighted by Gasteiger charge is -2.29. The Morgan fingerprint density at radius 2 is 1.86 bits per heavy atom. The molecule has 0 fully saturated rings. The second-order valence-electron chi connectivity index (χ2n) is 6.70. The van der Waals surface area contributed by atoms with Crippen LogP contribution in [0.15, 0.2) is 77.0 Å². The number of urea groups is 1. The zero-order chi connectivity index (χ0) is 19.8. The van der Waals surface area contributed by atoms with E-state index in [0.717, 1.165) is 27.7 Å². The smallest absolute Gasteiger partial charge is 0.321 e. The standard InChI is InChI=1S/C22H15FN5O/c23-15-8-6-14(7-9-15)10-12-28-19(13-25-20-21(28)27-22(29)26-20)17-3-1-5-18-16(17)4-2-11-24-18/h1-9,11,13H,10,12H2. The van der Waals surface area contributed by atoms with E-state index in [4.69, 9.17) is 0 Å². The molecular weight excluding hydrogens is 369 g/mol. The monoisotopic (exact) mass is 384 g/mol. The topological polar surface area (TPSA) is 72.0 Å². The van der Waals surface area contributed by atoms with Crippen molar-refractivity contribution in [3.63, 3.8) is 0 Å². The molecule has 7 heteroatoms. The first-order valence-electron chi connectivity index (χ1n) is 9.18. The summed E-state index contributed by atoms with van der Waals surface area (Å²) in [6.45, 7) is 0.536. The Balaban J connectivity index is 1.55. The van der Waals surface area contributed by atoms with E-state index in [1.807, 2.05) is 35.2 Å². The van der Waals surface area contributed by atoms with Crippen molar-refractivity contribution in [1.29, 1.82) is 0 Å². The number of hydrogen-bond acceptors (Lipinski definition) is 4. The molecule has 2 aromatic carbocycles. The van der Waals surface area contributed by atoms with Crippen molar-refractivity contribution in [1.82, 2.24) is 15.2 Å². The van der Waals surface area contributed by atoms with E-state index >= 15 is 0 Å². The van der Waals surface area contributed by atoms with Crippen LogP contribution in [0.3, 0.4) is 0 Å². The number of halogens is 1. The molecule has 3 heterocycles. The minimum atomic E-state index is -0.556. The van der Waals surface area contributed by atoms with Gasteiger partial charge in [0, 0.05) is 23.7 Å². The van der Waals surface area contributed by atoms with Gasteiger partial charge >= 0.3 is 6.03 Å². The van der Waals surface area contributed by atoms with Crippen LogP contribution in [-0.4, -0.2) is 34.1 Å². The Hall–Kier alpha value is -3.87. The van der Waals surface area contributed by atoms with Crippen molar-refractivity contribution in [2.45, 2.75) is 6.42 Å². The van der Waals surface area contributed by atoms with Gasteiger partial charge in [0.15, 0.2) is 5.84 Å². The molecule has 0 bridgehead atoms. The Bertz CT molecular complexity index is 1210. The molecule has 3 aromatic rings. The van der Waals surface area contributed by atoms with Gasteiger partial charge in [-0.15, -0.1) is 0 Å². The number of nitrogens with zero attached hydrogens (tertiary/aromatic N) is 5. The second-order valence-corrected chi connectivity index (χ2v) is 6.70. The minimum absolute atomic E-state index is 0.269. The van der Waals surface area contributed by atoms with Crippen molar-refractivity contribution in [2.24, 2.45) is 9.98 Å². The van der Waals surface area contributed by atoms with Gasteiger partial charge in [-0.2, -0.15) is 10.3 Å². The van der Waals surface area contributed by atoms with E-state index in [1.165, 1.54) is 12.1 Å². The molecule has 0 saturated heterocycles. The fourth-order valence-electron chi connectivity index (χ4n) is 3.54. The molecule has 5 rings (SSSR count). The number of amidine groups is 2. The average molecular weight is 384 g/mol. The molecule has 2 aliphatic heterocycles. The van der Waals surface area contributed by atoms with E-state index in [1.54, 1.807) is 24.5 Å². The van der Waals surface area contributed by atoms with Crippen LogP contribution in [-0.2, 0) is 6.42 Å². The summed E-state index contributed by atoms with van der Waals surface area (Å²) in [7, 11) is 0. The maximum atomic E-state index is 13.2. The van der Waals surface area contributed by atoms with Crippen LogP contribution in [0.2, 0.25) is 0 Å². The van der Waals surface area contributed by atoms with E-state index in [-0.39, 0.29) is 5.82 Å². The van der Waals surface area contributed by atoms with Crippen LogP contribution in [0, 0.1) is 5.82 Å². The molecule has 6 nitrogen and oxygen atoms in total. The normalized spacial score (nSPS) is 15.6. The summed E-state index contributed by atoms with van der Waals surface area (Å²) in [5.74, 6) is 0.487. The number of hydrogen-bond donors (Lipinski definition) is 0. The number of amides is 2. The molecule has 2 aliphatic rings. The quantitative estimate of drug-likeness (QED) is 0.687. The molecule has 29 heavy (non-hydrogen) atoms. The highest BCUT2D eigenvalue weighted by atomic mass is 19.1. The van der Waals surface area contributed by atoms with Crippen molar-refractivity contribution >= 4 is 34.3 Å². The lowest BCUT2D eigenvalue weighted by Crippen LogP contribution is -2.39. The summed E-state index contributed by atoms with van der Waals surface area (Å²) in [5.41, 5.74) is 3.61. The number of benzene rings is 2. The second kappa shape index (κ2) is 6.94. The molecule has 0 unspecified atom stereocenters. The van der Waals surface area contributed by atoms with Gasteiger partial charge < -0.3 is 4.90 Å². The first-order valence-corrected chi connectivity index (χ1v) is 9.18. The number of carbonyl (C=O) groups is 1. The highest BCUT2D eigenvalue weighted by Crippen LogP contribution is 2.30. The fraction of sp³-hybridized carbons (Fsp3) is 0.0909. The number of carbonyl (C=O) groups excluding carboxylic acids is 1. The Labute approximate surface area is 166 Å². The maximum absolute atomic E-state index is 13.2. The average Bonchev–Trinajstić information content (AvgIpc) is 3.13. The highest BCUT2D eigenvalue weighted by molar-refractivity contribution is 6.49.